The number of benzene rings is 1. The van der Waals surface area contributed by atoms with Gasteiger partial charge in [-0.05, 0) is 43.7 Å². The van der Waals surface area contributed by atoms with Crippen molar-refractivity contribution in [1.29, 1.82) is 0 Å². The molecule has 7 heteroatoms. The Hall–Kier alpha value is -3.09. The highest BCUT2D eigenvalue weighted by Gasteiger charge is 2.06. The number of aryl methyl sites for hydroxylation is 1. The van der Waals surface area contributed by atoms with Crippen molar-refractivity contribution in [2.24, 2.45) is 5.10 Å². The molecule has 0 radical (unpaired) electrons. The van der Waals surface area contributed by atoms with Crippen LogP contribution in [-0.2, 0) is 6.54 Å². The first-order valence-electron chi connectivity index (χ1n) is 7.74. The molecular weight excluding hydrogens is 304 g/mol. The van der Waals surface area contributed by atoms with E-state index in [0.717, 1.165) is 22.6 Å². The lowest BCUT2D eigenvalue weighted by atomic mass is 10.1. The van der Waals surface area contributed by atoms with Crippen molar-refractivity contribution in [2.45, 2.75) is 20.4 Å². The van der Waals surface area contributed by atoms with Gasteiger partial charge in [0.2, 0.25) is 5.95 Å². The van der Waals surface area contributed by atoms with Gasteiger partial charge in [-0.1, -0.05) is 0 Å². The predicted octanol–water partition coefficient (Wildman–Crippen LogP) is 2.30. The quantitative estimate of drug-likeness (QED) is 0.705. The standard InChI is InChI=1S/C17H20N6O/c1-3-24-16-6-5-14(9-15(16)12-22-8-4-7-19-22)10-20-23-11-13(2)21-17(23)18/h4-11H,3,12H2,1-2H3,(H2,18,21). The smallest absolute Gasteiger partial charge is 0.221 e. The minimum atomic E-state index is 0.367. The van der Waals surface area contributed by atoms with Crippen LogP contribution in [0.1, 0.15) is 23.7 Å². The second kappa shape index (κ2) is 6.99. The van der Waals surface area contributed by atoms with Crippen LogP contribution in [0.15, 0.2) is 48.0 Å². The van der Waals surface area contributed by atoms with Crippen molar-refractivity contribution in [3.8, 4) is 5.75 Å². The van der Waals surface area contributed by atoms with Crippen LogP contribution in [0, 0.1) is 6.92 Å². The van der Waals surface area contributed by atoms with Gasteiger partial charge in [0.05, 0.1) is 31.3 Å². The Labute approximate surface area is 140 Å². The number of aromatic nitrogens is 4. The van der Waals surface area contributed by atoms with Crippen LogP contribution in [0.4, 0.5) is 5.95 Å². The van der Waals surface area contributed by atoms with Gasteiger partial charge < -0.3 is 10.5 Å². The molecule has 1 aromatic carbocycles. The fourth-order valence-corrected chi connectivity index (χ4v) is 2.39. The van der Waals surface area contributed by atoms with E-state index in [9.17, 15) is 0 Å². The lowest BCUT2D eigenvalue weighted by Gasteiger charge is -2.11. The number of hydrogen-bond donors (Lipinski definition) is 1. The molecule has 0 unspecified atom stereocenters. The van der Waals surface area contributed by atoms with E-state index in [2.05, 4.69) is 15.2 Å². The Morgan fingerprint density at radius 2 is 2.25 bits per heavy atom. The van der Waals surface area contributed by atoms with Crippen molar-refractivity contribution in [3.05, 3.63) is 59.7 Å². The van der Waals surface area contributed by atoms with Gasteiger partial charge in [0.1, 0.15) is 5.75 Å². The first-order valence-corrected chi connectivity index (χ1v) is 7.74. The minimum absolute atomic E-state index is 0.367. The summed E-state index contributed by atoms with van der Waals surface area (Å²) in [6.07, 6.45) is 7.21. The summed E-state index contributed by atoms with van der Waals surface area (Å²) in [4.78, 5) is 4.12. The van der Waals surface area contributed by atoms with Gasteiger partial charge >= 0.3 is 0 Å². The first kappa shape index (κ1) is 15.8. The largest absolute Gasteiger partial charge is 0.494 e. The average Bonchev–Trinajstić information content (AvgIpc) is 3.17. The zero-order chi connectivity index (χ0) is 16.9. The van der Waals surface area contributed by atoms with Crippen LogP contribution < -0.4 is 10.5 Å². The van der Waals surface area contributed by atoms with E-state index in [1.54, 1.807) is 23.3 Å². The molecule has 0 aliphatic carbocycles. The normalized spacial score (nSPS) is 11.2. The summed E-state index contributed by atoms with van der Waals surface area (Å²) < 4.78 is 9.12. The summed E-state index contributed by atoms with van der Waals surface area (Å²) in [7, 11) is 0. The number of nitrogens with two attached hydrogens (primary N) is 1. The maximum Gasteiger partial charge on any atom is 0.221 e. The van der Waals surface area contributed by atoms with E-state index in [4.69, 9.17) is 10.5 Å². The van der Waals surface area contributed by atoms with Crippen molar-refractivity contribution >= 4 is 12.2 Å². The van der Waals surface area contributed by atoms with E-state index in [1.807, 2.05) is 49.0 Å². The SMILES string of the molecule is CCOc1ccc(C=Nn2cc(C)nc2N)cc1Cn1cccn1. The van der Waals surface area contributed by atoms with Crippen LogP contribution >= 0.6 is 0 Å². The molecule has 3 aromatic rings. The second-order valence-electron chi connectivity index (χ2n) is 5.33. The van der Waals surface area contributed by atoms with Crippen molar-refractivity contribution in [1.82, 2.24) is 19.4 Å². The molecule has 0 atom stereocenters. The van der Waals surface area contributed by atoms with Crippen LogP contribution in [0.25, 0.3) is 0 Å². The number of nitrogens with zero attached hydrogens (tertiary/aromatic N) is 5. The van der Waals surface area contributed by atoms with E-state index in [-0.39, 0.29) is 0 Å². The summed E-state index contributed by atoms with van der Waals surface area (Å²) in [6, 6.07) is 7.85. The Morgan fingerprint density at radius 3 is 2.92 bits per heavy atom. The maximum absolute atomic E-state index is 5.80. The average molecular weight is 324 g/mol. The zero-order valence-electron chi connectivity index (χ0n) is 13.8. The highest BCUT2D eigenvalue weighted by molar-refractivity contribution is 5.80. The Morgan fingerprint density at radius 1 is 1.38 bits per heavy atom. The van der Waals surface area contributed by atoms with Crippen molar-refractivity contribution in [3.63, 3.8) is 0 Å². The molecule has 0 saturated carbocycles. The summed E-state index contributed by atoms with van der Waals surface area (Å²) >= 11 is 0. The van der Waals surface area contributed by atoms with Gasteiger partial charge in [-0.2, -0.15) is 10.2 Å². The maximum atomic E-state index is 5.80. The molecule has 0 aliphatic rings. The van der Waals surface area contributed by atoms with Gasteiger partial charge in [-0.15, -0.1) is 0 Å². The summed E-state index contributed by atoms with van der Waals surface area (Å²) in [5, 5.41) is 8.60. The van der Waals surface area contributed by atoms with Gasteiger partial charge in [-0.25, -0.2) is 9.66 Å². The summed E-state index contributed by atoms with van der Waals surface area (Å²) in [5.74, 6) is 1.22. The zero-order valence-corrected chi connectivity index (χ0v) is 13.8. The molecule has 2 aromatic heterocycles. The molecule has 7 nitrogen and oxygen atoms in total. The third-order valence-electron chi connectivity index (χ3n) is 3.44. The summed E-state index contributed by atoms with van der Waals surface area (Å²) in [6.45, 7) is 5.10. The Bertz CT molecular complexity index is 835. The molecule has 0 fully saturated rings. The number of hydrogen-bond acceptors (Lipinski definition) is 5. The third-order valence-corrected chi connectivity index (χ3v) is 3.44. The molecule has 3 rings (SSSR count). The number of ether oxygens (including phenoxy) is 1. The van der Waals surface area contributed by atoms with Gasteiger partial charge in [0.25, 0.3) is 0 Å². The van der Waals surface area contributed by atoms with Crippen molar-refractivity contribution < 1.29 is 4.74 Å². The lowest BCUT2D eigenvalue weighted by molar-refractivity contribution is 0.335. The Balaban J connectivity index is 1.87. The molecule has 24 heavy (non-hydrogen) atoms. The van der Waals surface area contributed by atoms with Crippen LogP contribution in [0.2, 0.25) is 0 Å². The number of nitrogen functional groups attached to an aromatic ring is 1. The van der Waals surface area contributed by atoms with Crippen LogP contribution in [0.5, 0.6) is 5.75 Å². The highest BCUT2D eigenvalue weighted by Crippen LogP contribution is 2.21. The van der Waals surface area contributed by atoms with E-state index in [1.165, 1.54) is 0 Å². The first-order chi connectivity index (χ1) is 11.7. The fraction of sp³-hybridized carbons (Fsp3) is 0.235. The molecule has 2 N–H and O–H groups in total. The topological polar surface area (TPSA) is 83.2 Å². The molecule has 0 aliphatic heterocycles. The van der Waals surface area contributed by atoms with Gasteiger partial charge in [0.15, 0.2) is 0 Å². The molecule has 124 valence electrons. The predicted molar refractivity (Wildman–Crippen MR) is 93.3 cm³/mol. The van der Waals surface area contributed by atoms with E-state index < -0.39 is 0 Å². The third kappa shape index (κ3) is 3.62. The highest BCUT2D eigenvalue weighted by atomic mass is 16.5. The second-order valence-corrected chi connectivity index (χ2v) is 5.33. The number of imidazole rings is 1. The number of anilines is 1. The van der Waals surface area contributed by atoms with E-state index >= 15 is 0 Å². The van der Waals surface area contributed by atoms with Gasteiger partial charge in [-0.3, -0.25) is 4.68 Å². The van der Waals surface area contributed by atoms with Gasteiger partial charge in [0, 0.05) is 18.0 Å². The molecular formula is C17H20N6O. The minimum Gasteiger partial charge on any atom is -0.494 e. The molecule has 0 bridgehead atoms. The van der Waals surface area contributed by atoms with Crippen LogP contribution in [0.3, 0.4) is 0 Å². The molecule has 0 amide bonds. The molecule has 0 spiro atoms. The fourth-order valence-electron chi connectivity index (χ4n) is 2.39. The number of rotatable bonds is 6. The molecule has 2 heterocycles. The van der Waals surface area contributed by atoms with Crippen LogP contribution in [-0.4, -0.2) is 32.3 Å². The van der Waals surface area contributed by atoms with E-state index in [0.29, 0.717) is 19.1 Å². The van der Waals surface area contributed by atoms with Crippen molar-refractivity contribution in [2.75, 3.05) is 12.3 Å². The lowest BCUT2D eigenvalue weighted by Crippen LogP contribution is -2.04. The monoisotopic (exact) mass is 324 g/mol. The molecule has 0 saturated heterocycles. The summed E-state index contributed by atoms with van der Waals surface area (Å²) in [5.41, 5.74) is 8.62. The Kier molecular flexibility index (Phi) is 4.60.